The molecule has 2 aliphatic heterocycles. The standard InChI is InChI=1S/C16H24N2O2/c1-19-16-4-7-18(11-14-5-8-20-12-14)15(16)9-13-3-2-6-17-10-13/h2-3,6,10,14-16H,4-5,7-9,11-12H2,1H3/t14-,15-,16+/m0/s1. The van der Waals surface area contributed by atoms with Gasteiger partial charge >= 0.3 is 0 Å². The highest BCUT2D eigenvalue weighted by atomic mass is 16.5. The van der Waals surface area contributed by atoms with Gasteiger partial charge in [-0.15, -0.1) is 0 Å². The Balaban J connectivity index is 1.65. The van der Waals surface area contributed by atoms with Gasteiger partial charge in [0.25, 0.3) is 0 Å². The molecule has 20 heavy (non-hydrogen) atoms. The van der Waals surface area contributed by atoms with Gasteiger partial charge in [-0.05, 0) is 36.8 Å². The molecule has 0 bridgehead atoms. The van der Waals surface area contributed by atoms with E-state index in [0.29, 0.717) is 18.1 Å². The molecule has 110 valence electrons. The molecule has 3 rings (SSSR count). The maximum Gasteiger partial charge on any atom is 0.0741 e. The van der Waals surface area contributed by atoms with Crippen molar-refractivity contribution in [1.82, 2.24) is 9.88 Å². The molecule has 0 amide bonds. The van der Waals surface area contributed by atoms with Gasteiger partial charge in [-0.2, -0.15) is 0 Å². The molecule has 0 unspecified atom stereocenters. The van der Waals surface area contributed by atoms with Crippen molar-refractivity contribution in [2.24, 2.45) is 5.92 Å². The summed E-state index contributed by atoms with van der Waals surface area (Å²) in [6, 6.07) is 4.65. The topological polar surface area (TPSA) is 34.6 Å². The number of ether oxygens (including phenoxy) is 2. The second kappa shape index (κ2) is 6.66. The van der Waals surface area contributed by atoms with E-state index in [1.807, 2.05) is 25.6 Å². The minimum absolute atomic E-state index is 0.345. The van der Waals surface area contributed by atoms with Gasteiger partial charge < -0.3 is 9.47 Å². The molecule has 2 aliphatic rings. The van der Waals surface area contributed by atoms with Crippen LogP contribution in [-0.2, 0) is 15.9 Å². The molecule has 3 heterocycles. The minimum atomic E-state index is 0.345. The highest BCUT2D eigenvalue weighted by molar-refractivity contribution is 5.12. The molecular formula is C16H24N2O2. The Morgan fingerprint density at radius 1 is 1.45 bits per heavy atom. The van der Waals surface area contributed by atoms with Crippen LogP contribution in [0.4, 0.5) is 0 Å². The third-order valence-electron chi connectivity index (χ3n) is 4.59. The van der Waals surface area contributed by atoms with Crippen LogP contribution in [0, 0.1) is 5.92 Å². The van der Waals surface area contributed by atoms with Gasteiger partial charge in [0.15, 0.2) is 0 Å². The van der Waals surface area contributed by atoms with Gasteiger partial charge in [-0.25, -0.2) is 0 Å². The maximum atomic E-state index is 5.70. The van der Waals surface area contributed by atoms with Gasteiger partial charge in [0.05, 0.1) is 12.7 Å². The first kappa shape index (κ1) is 14.0. The van der Waals surface area contributed by atoms with Crippen LogP contribution in [0.5, 0.6) is 0 Å². The van der Waals surface area contributed by atoms with E-state index in [0.717, 1.165) is 39.1 Å². The fourth-order valence-electron chi connectivity index (χ4n) is 3.47. The second-order valence-corrected chi connectivity index (χ2v) is 5.92. The summed E-state index contributed by atoms with van der Waals surface area (Å²) in [6.07, 6.45) is 7.52. The zero-order chi connectivity index (χ0) is 13.8. The molecule has 2 fully saturated rings. The van der Waals surface area contributed by atoms with Crippen LogP contribution in [0.1, 0.15) is 18.4 Å². The zero-order valence-corrected chi connectivity index (χ0v) is 12.2. The third-order valence-corrected chi connectivity index (χ3v) is 4.59. The first-order valence-electron chi connectivity index (χ1n) is 7.60. The van der Waals surface area contributed by atoms with Crippen molar-refractivity contribution in [3.8, 4) is 0 Å². The van der Waals surface area contributed by atoms with Crippen LogP contribution < -0.4 is 0 Å². The Hall–Kier alpha value is -0.970. The van der Waals surface area contributed by atoms with Crippen molar-refractivity contribution >= 4 is 0 Å². The smallest absolute Gasteiger partial charge is 0.0741 e. The summed E-state index contributed by atoms with van der Waals surface area (Å²) in [7, 11) is 1.84. The first-order chi connectivity index (χ1) is 9.86. The van der Waals surface area contributed by atoms with Crippen molar-refractivity contribution in [2.45, 2.75) is 31.4 Å². The zero-order valence-electron chi connectivity index (χ0n) is 12.2. The summed E-state index contributed by atoms with van der Waals surface area (Å²) in [4.78, 5) is 6.82. The van der Waals surface area contributed by atoms with Crippen molar-refractivity contribution < 1.29 is 9.47 Å². The Morgan fingerprint density at radius 2 is 2.40 bits per heavy atom. The summed E-state index contributed by atoms with van der Waals surface area (Å²) in [5.74, 6) is 0.696. The van der Waals surface area contributed by atoms with Crippen LogP contribution >= 0.6 is 0 Å². The number of rotatable bonds is 5. The molecule has 0 aromatic carbocycles. The predicted molar refractivity (Wildman–Crippen MR) is 77.6 cm³/mol. The fraction of sp³-hybridized carbons (Fsp3) is 0.688. The monoisotopic (exact) mass is 276 g/mol. The van der Waals surface area contributed by atoms with E-state index in [4.69, 9.17) is 9.47 Å². The van der Waals surface area contributed by atoms with Crippen molar-refractivity contribution in [3.63, 3.8) is 0 Å². The Morgan fingerprint density at radius 3 is 3.10 bits per heavy atom. The summed E-state index contributed by atoms with van der Waals surface area (Å²) < 4.78 is 11.2. The van der Waals surface area contributed by atoms with Crippen LogP contribution in [0.3, 0.4) is 0 Å². The lowest BCUT2D eigenvalue weighted by atomic mass is 10.0. The maximum absolute atomic E-state index is 5.70. The molecule has 0 saturated carbocycles. The molecule has 4 heteroatoms. The molecule has 1 aromatic heterocycles. The van der Waals surface area contributed by atoms with Gasteiger partial charge in [0.1, 0.15) is 0 Å². The highest BCUT2D eigenvalue weighted by Gasteiger charge is 2.35. The number of likely N-dealkylation sites (tertiary alicyclic amines) is 1. The second-order valence-electron chi connectivity index (χ2n) is 5.92. The molecule has 0 radical (unpaired) electrons. The normalized spacial score (nSPS) is 30.9. The number of methoxy groups -OCH3 is 1. The SMILES string of the molecule is CO[C@@H]1CCN(C[C@@H]2CCOC2)[C@H]1Cc1cccnc1. The highest BCUT2D eigenvalue weighted by Crippen LogP contribution is 2.26. The van der Waals surface area contributed by atoms with Gasteiger partial charge in [-0.3, -0.25) is 9.88 Å². The number of aromatic nitrogens is 1. The summed E-state index contributed by atoms with van der Waals surface area (Å²) in [6.45, 7) is 4.14. The molecular weight excluding hydrogens is 252 g/mol. The van der Waals surface area contributed by atoms with Crippen LogP contribution in [0.15, 0.2) is 24.5 Å². The minimum Gasteiger partial charge on any atom is -0.381 e. The van der Waals surface area contributed by atoms with Gasteiger partial charge in [0.2, 0.25) is 0 Å². The lowest BCUT2D eigenvalue weighted by molar-refractivity contribution is 0.0604. The quantitative estimate of drug-likeness (QED) is 0.820. The molecule has 0 N–H and O–H groups in total. The van der Waals surface area contributed by atoms with E-state index >= 15 is 0 Å². The molecule has 0 aliphatic carbocycles. The fourth-order valence-corrected chi connectivity index (χ4v) is 3.47. The molecule has 4 nitrogen and oxygen atoms in total. The Bertz CT molecular complexity index is 406. The van der Waals surface area contributed by atoms with Crippen molar-refractivity contribution in [3.05, 3.63) is 30.1 Å². The molecule has 3 atom stereocenters. The Labute approximate surface area is 121 Å². The van der Waals surface area contributed by atoms with E-state index < -0.39 is 0 Å². The Kier molecular flexibility index (Phi) is 4.65. The van der Waals surface area contributed by atoms with Crippen LogP contribution in [-0.4, -0.2) is 55.4 Å². The average Bonchev–Trinajstić information content (AvgIpc) is 3.11. The van der Waals surface area contributed by atoms with E-state index in [2.05, 4.69) is 16.0 Å². The third kappa shape index (κ3) is 3.19. The summed E-state index contributed by atoms with van der Waals surface area (Å²) >= 11 is 0. The van der Waals surface area contributed by atoms with Gasteiger partial charge in [-0.1, -0.05) is 6.07 Å². The van der Waals surface area contributed by atoms with E-state index in [1.54, 1.807) is 0 Å². The van der Waals surface area contributed by atoms with E-state index in [9.17, 15) is 0 Å². The van der Waals surface area contributed by atoms with Crippen LogP contribution in [0.25, 0.3) is 0 Å². The van der Waals surface area contributed by atoms with Gasteiger partial charge in [0, 0.05) is 45.2 Å². The average molecular weight is 276 g/mol. The molecule has 2 saturated heterocycles. The van der Waals surface area contributed by atoms with E-state index in [-0.39, 0.29) is 0 Å². The number of pyridine rings is 1. The van der Waals surface area contributed by atoms with Crippen LogP contribution in [0.2, 0.25) is 0 Å². The van der Waals surface area contributed by atoms with Crippen molar-refractivity contribution in [2.75, 3.05) is 33.4 Å². The number of hydrogen-bond acceptors (Lipinski definition) is 4. The summed E-state index contributed by atoms with van der Waals surface area (Å²) in [5.41, 5.74) is 1.30. The summed E-state index contributed by atoms with van der Waals surface area (Å²) in [5, 5.41) is 0. The van der Waals surface area contributed by atoms with E-state index in [1.165, 1.54) is 12.0 Å². The lowest BCUT2D eigenvalue weighted by Crippen LogP contribution is -2.40. The lowest BCUT2D eigenvalue weighted by Gasteiger charge is -2.29. The van der Waals surface area contributed by atoms with Crippen molar-refractivity contribution in [1.29, 1.82) is 0 Å². The first-order valence-corrected chi connectivity index (χ1v) is 7.60. The predicted octanol–water partition coefficient (Wildman–Crippen LogP) is 1.75. The number of hydrogen-bond donors (Lipinski definition) is 0. The molecule has 0 spiro atoms. The largest absolute Gasteiger partial charge is 0.381 e. The number of nitrogens with zero attached hydrogens (tertiary/aromatic N) is 2. The molecule has 1 aromatic rings.